The van der Waals surface area contributed by atoms with Gasteiger partial charge in [0.05, 0.1) is 11.3 Å². The topological polar surface area (TPSA) is 31.4 Å². The van der Waals surface area contributed by atoms with Gasteiger partial charge < -0.3 is 9.47 Å². The normalized spacial score (nSPS) is 16.4. The van der Waals surface area contributed by atoms with Crippen LogP contribution in [0.4, 0.5) is 0 Å². The summed E-state index contributed by atoms with van der Waals surface area (Å²) in [5, 5.41) is 0. The van der Waals surface area contributed by atoms with Crippen molar-refractivity contribution in [1.82, 2.24) is 4.98 Å². The van der Waals surface area contributed by atoms with Gasteiger partial charge in [0.2, 0.25) is 5.79 Å². The number of ether oxygens (including phenoxy) is 2. The van der Waals surface area contributed by atoms with Gasteiger partial charge in [0, 0.05) is 20.0 Å². The molecule has 0 saturated carbocycles. The van der Waals surface area contributed by atoms with Crippen LogP contribution in [0, 0.1) is 19.3 Å². The smallest absolute Gasteiger partial charge is 0.246 e. The average molecular weight is 189 g/mol. The van der Waals surface area contributed by atoms with Crippen LogP contribution in [0.1, 0.15) is 25.1 Å². The van der Waals surface area contributed by atoms with E-state index in [0.29, 0.717) is 17.1 Å². The van der Waals surface area contributed by atoms with E-state index >= 15 is 0 Å². The summed E-state index contributed by atoms with van der Waals surface area (Å²) in [5.41, 5.74) is 1.43. The number of hydrogen-bond acceptors (Lipinski definition) is 3. The molecule has 0 atom stereocenters. The van der Waals surface area contributed by atoms with Crippen LogP contribution in [0.15, 0.2) is 6.20 Å². The SMILES string of the molecule is C#Cc1cnc(C)c2c1OC(C)(C)O2. The Balaban J connectivity index is 2.60. The molecule has 0 unspecified atom stereocenters. The largest absolute Gasteiger partial charge is 0.448 e. The predicted octanol–water partition coefficient (Wildman–Crippen LogP) is 1.88. The molecule has 2 heterocycles. The number of aryl methyl sites for hydroxylation is 1. The quantitative estimate of drug-likeness (QED) is 0.584. The van der Waals surface area contributed by atoms with Gasteiger partial charge in [0.1, 0.15) is 0 Å². The Hall–Kier alpha value is -1.69. The highest BCUT2D eigenvalue weighted by molar-refractivity contribution is 5.56. The van der Waals surface area contributed by atoms with Gasteiger partial charge in [0.15, 0.2) is 11.5 Å². The van der Waals surface area contributed by atoms with E-state index in [4.69, 9.17) is 15.9 Å². The Morgan fingerprint density at radius 2 is 2.00 bits per heavy atom. The molecule has 0 spiro atoms. The van der Waals surface area contributed by atoms with Crippen molar-refractivity contribution < 1.29 is 9.47 Å². The second-order valence-corrected chi connectivity index (χ2v) is 3.66. The molecule has 0 aromatic carbocycles. The summed E-state index contributed by atoms with van der Waals surface area (Å²) in [6, 6.07) is 0. The molecule has 1 aliphatic rings. The lowest BCUT2D eigenvalue weighted by atomic mass is 10.2. The average Bonchev–Trinajstić information content (AvgIpc) is 2.42. The second kappa shape index (κ2) is 2.65. The lowest BCUT2D eigenvalue weighted by Gasteiger charge is -2.16. The minimum absolute atomic E-state index is 0.630. The predicted molar refractivity (Wildman–Crippen MR) is 52.2 cm³/mol. The minimum Gasteiger partial charge on any atom is -0.448 e. The van der Waals surface area contributed by atoms with Crippen LogP contribution in [0.2, 0.25) is 0 Å². The second-order valence-electron chi connectivity index (χ2n) is 3.66. The van der Waals surface area contributed by atoms with Gasteiger partial charge in [-0.05, 0) is 6.92 Å². The fraction of sp³-hybridized carbons (Fsp3) is 0.364. The van der Waals surface area contributed by atoms with E-state index < -0.39 is 5.79 Å². The third-order valence-electron chi connectivity index (χ3n) is 2.02. The molecule has 1 aromatic heterocycles. The van der Waals surface area contributed by atoms with E-state index in [9.17, 15) is 0 Å². The third kappa shape index (κ3) is 1.20. The number of terminal acetylenes is 1. The van der Waals surface area contributed by atoms with Gasteiger partial charge >= 0.3 is 0 Å². The van der Waals surface area contributed by atoms with Gasteiger partial charge in [-0.2, -0.15) is 0 Å². The maximum absolute atomic E-state index is 5.59. The van der Waals surface area contributed by atoms with Crippen molar-refractivity contribution in [3.05, 3.63) is 17.5 Å². The highest BCUT2D eigenvalue weighted by atomic mass is 16.7. The zero-order chi connectivity index (χ0) is 10.3. The van der Waals surface area contributed by atoms with E-state index in [0.717, 1.165) is 5.69 Å². The number of pyridine rings is 1. The zero-order valence-corrected chi connectivity index (χ0v) is 8.42. The first-order chi connectivity index (χ1) is 6.53. The first-order valence-electron chi connectivity index (χ1n) is 4.38. The number of fused-ring (bicyclic) bond motifs is 1. The molecule has 0 radical (unpaired) electrons. The summed E-state index contributed by atoms with van der Waals surface area (Å²) in [4.78, 5) is 4.14. The van der Waals surface area contributed by atoms with Crippen molar-refractivity contribution in [2.45, 2.75) is 26.6 Å². The maximum atomic E-state index is 5.59. The van der Waals surface area contributed by atoms with Crippen molar-refractivity contribution in [2.24, 2.45) is 0 Å². The number of aromatic nitrogens is 1. The molecular weight excluding hydrogens is 178 g/mol. The molecule has 1 aromatic rings. The molecule has 72 valence electrons. The van der Waals surface area contributed by atoms with Crippen molar-refractivity contribution in [2.75, 3.05) is 0 Å². The van der Waals surface area contributed by atoms with E-state index in [1.807, 2.05) is 20.8 Å². The molecule has 0 bridgehead atoms. The Morgan fingerprint density at radius 1 is 1.36 bits per heavy atom. The lowest BCUT2D eigenvalue weighted by Crippen LogP contribution is -2.30. The van der Waals surface area contributed by atoms with Gasteiger partial charge in [0.25, 0.3) is 0 Å². The first-order valence-corrected chi connectivity index (χ1v) is 4.38. The molecule has 0 saturated heterocycles. The van der Waals surface area contributed by atoms with Crippen LogP contribution in [-0.2, 0) is 0 Å². The van der Waals surface area contributed by atoms with Gasteiger partial charge in [-0.15, -0.1) is 6.42 Å². The Labute approximate surface area is 83.1 Å². The first kappa shape index (κ1) is 8.89. The molecule has 0 aliphatic carbocycles. The summed E-state index contributed by atoms with van der Waals surface area (Å²) in [7, 11) is 0. The molecule has 2 rings (SSSR count). The van der Waals surface area contributed by atoms with E-state index in [-0.39, 0.29) is 0 Å². The molecule has 1 aliphatic heterocycles. The van der Waals surface area contributed by atoms with Crippen molar-refractivity contribution in [3.63, 3.8) is 0 Å². The number of nitrogens with zero attached hydrogens (tertiary/aromatic N) is 1. The van der Waals surface area contributed by atoms with Gasteiger partial charge in [-0.3, -0.25) is 4.98 Å². The minimum atomic E-state index is -0.651. The Kier molecular flexibility index (Phi) is 1.68. The van der Waals surface area contributed by atoms with Crippen LogP contribution < -0.4 is 9.47 Å². The molecule has 3 nitrogen and oxygen atoms in total. The highest BCUT2D eigenvalue weighted by Gasteiger charge is 2.34. The van der Waals surface area contributed by atoms with E-state index in [1.165, 1.54) is 0 Å². The van der Waals surface area contributed by atoms with Crippen LogP contribution in [0.3, 0.4) is 0 Å². The standard InChI is InChI=1S/C11H11NO2/c1-5-8-6-12-7(2)9-10(8)14-11(3,4)13-9/h1,6H,2-4H3. The van der Waals surface area contributed by atoms with Crippen LogP contribution in [0.25, 0.3) is 0 Å². The van der Waals surface area contributed by atoms with Crippen LogP contribution in [0.5, 0.6) is 11.5 Å². The van der Waals surface area contributed by atoms with E-state index in [2.05, 4.69) is 10.9 Å². The summed E-state index contributed by atoms with van der Waals surface area (Å²) < 4.78 is 11.2. The van der Waals surface area contributed by atoms with Crippen molar-refractivity contribution in [3.8, 4) is 23.8 Å². The molecule has 3 heteroatoms. The molecule has 14 heavy (non-hydrogen) atoms. The van der Waals surface area contributed by atoms with E-state index in [1.54, 1.807) is 6.20 Å². The summed E-state index contributed by atoms with van der Waals surface area (Å²) >= 11 is 0. The third-order valence-corrected chi connectivity index (χ3v) is 2.02. The molecule has 0 N–H and O–H groups in total. The molecule has 0 fully saturated rings. The monoisotopic (exact) mass is 189 g/mol. The summed E-state index contributed by atoms with van der Waals surface area (Å²) in [6.45, 7) is 5.55. The molecular formula is C11H11NO2. The summed E-state index contributed by atoms with van der Waals surface area (Å²) in [6.07, 6.45) is 6.96. The fourth-order valence-corrected chi connectivity index (χ4v) is 1.40. The van der Waals surface area contributed by atoms with Gasteiger partial charge in [-0.1, -0.05) is 5.92 Å². The zero-order valence-electron chi connectivity index (χ0n) is 8.42. The Bertz CT molecular complexity index is 430. The van der Waals surface area contributed by atoms with Crippen molar-refractivity contribution >= 4 is 0 Å². The number of rotatable bonds is 0. The highest BCUT2D eigenvalue weighted by Crippen LogP contribution is 2.42. The Morgan fingerprint density at radius 3 is 2.64 bits per heavy atom. The fourth-order valence-electron chi connectivity index (χ4n) is 1.40. The number of hydrogen-bond donors (Lipinski definition) is 0. The molecule has 0 amide bonds. The summed E-state index contributed by atoms with van der Waals surface area (Å²) in [5.74, 6) is 3.16. The van der Waals surface area contributed by atoms with Gasteiger partial charge in [-0.25, -0.2) is 0 Å². The van der Waals surface area contributed by atoms with Crippen LogP contribution >= 0.6 is 0 Å². The van der Waals surface area contributed by atoms with Crippen molar-refractivity contribution in [1.29, 1.82) is 0 Å². The lowest BCUT2D eigenvalue weighted by molar-refractivity contribution is -0.0435. The maximum Gasteiger partial charge on any atom is 0.246 e. The van der Waals surface area contributed by atoms with Crippen LogP contribution in [-0.4, -0.2) is 10.8 Å².